The molecule has 0 unspecified atom stereocenters. The van der Waals surface area contributed by atoms with E-state index >= 15 is 0 Å². The first-order chi connectivity index (χ1) is 13.2. The third kappa shape index (κ3) is 3.92. The smallest absolute Gasteiger partial charge is 0.254 e. The van der Waals surface area contributed by atoms with Crippen molar-refractivity contribution < 1.29 is 4.79 Å². The highest BCUT2D eigenvalue weighted by molar-refractivity contribution is 5.95. The number of anilines is 2. The van der Waals surface area contributed by atoms with Crippen LogP contribution in [-0.4, -0.2) is 55.1 Å². The lowest BCUT2D eigenvalue weighted by Gasteiger charge is -2.25. The Kier molecular flexibility index (Phi) is 5.28. The van der Waals surface area contributed by atoms with Crippen molar-refractivity contribution in [1.82, 2.24) is 9.88 Å². The van der Waals surface area contributed by atoms with Crippen molar-refractivity contribution in [1.29, 1.82) is 0 Å². The quantitative estimate of drug-likeness (QED) is 0.837. The van der Waals surface area contributed by atoms with E-state index in [2.05, 4.69) is 46.0 Å². The number of carbonyl (C=O) groups excluding carboxylic acids is 1. The van der Waals surface area contributed by atoms with E-state index in [1.807, 2.05) is 17.0 Å². The molecule has 1 amide bonds. The van der Waals surface area contributed by atoms with Gasteiger partial charge in [0.15, 0.2) is 0 Å². The summed E-state index contributed by atoms with van der Waals surface area (Å²) >= 11 is 0. The number of aryl methyl sites for hydroxylation is 1. The topological polar surface area (TPSA) is 39.7 Å². The normalized spacial score (nSPS) is 17.9. The molecular formula is C22H28N4O. The van der Waals surface area contributed by atoms with Crippen molar-refractivity contribution in [3.05, 3.63) is 53.7 Å². The summed E-state index contributed by atoms with van der Waals surface area (Å²) in [6.45, 7) is 7.84. The number of amides is 1. The Bertz CT molecular complexity index is 800. The van der Waals surface area contributed by atoms with Gasteiger partial charge in [0.25, 0.3) is 5.91 Å². The van der Waals surface area contributed by atoms with E-state index in [0.717, 1.165) is 69.9 Å². The van der Waals surface area contributed by atoms with Crippen molar-refractivity contribution in [2.45, 2.75) is 26.2 Å². The molecule has 0 atom stereocenters. The molecule has 3 heterocycles. The molecule has 2 fully saturated rings. The predicted octanol–water partition coefficient (Wildman–Crippen LogP) is 3.34. The van der Waals surface area contributed by atoms with Gasteiger partial charge in [0, 0.05) is 56.7 Å². The van der Waals surface area contributed by atoms with Gasteiger partial charge in [0.2, 0.25) is 0 Å². The first-order valence-corrected chi connectivity index (χ1v) is 10.0. The largest absolute Gasteiger partial charge is 0.369 e. The van der Waals surface area contributed by atoms with Gasteiger partial charge in [-0.1, -0.05) is 18.2 Å². The van der Waals surface area contributed by atoms with Crippen LogP contribution in [0.3, 0.4) is 0 Å². The molecule has 0 bridgehead atoms. The summed E-state index contributed by atoms with van der Waals surface area (Å²) in [4.78, 5) is 24.0. The highest BCUT2D eigenvalue weighted by Gasteiger charge is 2.22. The third-order valence-electron chi connectivity index (χ3n) is 5.66. The molecule has 2 aliphatic heterocycles. The average Bonchev–Trinajstić information content (AvgIpc) is 3.13. The number of carbonyl (C=O) groups is 1. The van der Waals surface area contributed by atoms with Gasteiger partial charge in [0.1, 0.15) is 5.82 Å². The number of hydrogen-bond acceptors (Lipinski definition) is 4. The summed E-state index contributed by atoms with van der Waals surface area (Å²) in [6.07, 6.45) is 5.10. The molecule has 27 heavy (non-hydrogen) atoms. The van der Waals surface area contributed by atoms with E-state index in [4.69, 9.17) is 0 Å². The van der Waals surface area contributed by atoms with Gasteiger partial charge >= 0.3 is 0 Å². The molecule has 5 nitrogen and oxygen atoms in total. The molecule has 0 N–H and O–H groups in total. The van der Waals surface area contributed by atoms with Crippen molar-refractivity contribution in [3.8, 4) is 0 Å². The first-order valence-electron chi connectivity index (χ1n) is 10.0. The van der Waals surface area contributed by atoms with Crippen LogP contribution in [-0.2, 0) is 0 Å². The average molecular weight is 364 g/mol. The molecule has 2 saturated heterocycles. The summed E-state index contributed by atoms with van der Waals surface area (Å²) in [7, 11) is 0. The number of hydrogen-bond donors (Lipinski definition) is 0. The standard InChI is InChI=1S/C22H28N4O/c1-18-7-2-3-8-20(18)24-13-6-14-25(16-15-24)21-17-19(9-10-23-21)22(27)26-11-4-5-12-26/h2-3,7-10,17H,4-6,11-16H2,1H3. The Labute approximate surface area is 161 Å². The zero-order valence-electron chi connectivity index (χ0n) is 16.1. The van der Waals surface area contributed by atoms with E-state index < -0.39 is 0 Å². The fraction of sp³-hybridized carbons (Fsp3) is 0.455. The van der Waals surface area contributed by atoms with Gasteiger partial charge in [-0.15, -0.1) is 0 Å². The Morgan fingerprint density at radius 3 is 2.44 bits per heavy atom. The minimum absolute atomic E-state index is 0.146. The lowest BCUT2D eigenvalue weighted by molar-refractivity contribution is 0.0792. The monoisotopic (exact) mass is 364 g/mol. The van der Waals surface area contributed by atoms with Crippen LogP contribution in [0.2, 0.25) is 0 Å². The Balaban J connectivity index is 1.47. The summed E-state index contributed by atoms with van der Waals surface area (Å²) in [5.74, 6) is 1.07. The number of nitrogens with zero attached hydrogens (tertiary/aromatic N) is 4. The lowest BCUT2D eigenvalue weighted by atomic mass is 10.2. The SMILES string of the molecule is Cc1ccccc1N1CCCN(c2cc(C(=O)N3CCCC3)ccn2)CC1. The molecule has 0 aliphatic carbocycles. The molecule has 5 heteroatoms. The second-order valence-electron chi connectivity index (χ2n) is 7.52. The molecule has 0 saturated carbocycles. The Morgan fingerprint density at radius 2 is 1.63 bits per heavy atom. The zero-order chi connectivity index (χ0) is 18.6. The van der Waals surface area contributed by atoms with Crippen LogP contribution in [0.4, 0.5) is 11.5 Å². The number of pyridine rings is 1. The molecule has 2 aliphatic rings. The summed E-state index contributed by atoms with van der Waals surface area (Å²) < 4.78 is 0. The molecule has 0 radical (unpaired) electrons. The molecule has 1 aromatic carbocycles. The van der Waals surface area contributed by atoms with Crippen molar-refractivity contribution in [2.75, 3.05) is 49.1 Å². The van der Waals surface area contributed by atoms with Crippen LogP contribution in [0.25, 0.3) is 0 Å². The van der Waals surface area contributed by atoms with Gasteiger partial charge < -0.3 is 14.7 Å². The van der Waals surface area contributed by atoms with Crippen LogP contribution in [0.5, 0.6) is 0 Å². The minimum atomic E-state index is 0.146. The van der Waals surface area contributed by atoms with E-state index in [-0.39, 0.29) is 5.91 Å². The van der Waals surface area contributed by atoms with Crippen molar-refractivity contribution in [3.63, 3.8) is 0 Å². The molecule has 2 aromatic rings. The molecule has 1 aromatic heterocycles. The van der Waals surface area contributed by atoms with Gasteiger partial charge in [-0.05, 0) is 49.9 Å². The summed E-state index contributed by atoms with van der Waals surface area (Å²) in [5.41, 5.74) is 3.41. The van der Waals surface area contributed by atoms with Crippen molar-refractivity contribution in [2.24, 2.45) is 0 Å². The van der Waals surface area contributed by atoms with Crippen LogP contribution in [0, 0.1) is 6.92 Å². The number of benzene rings is 1. The van der Waals surface area contributed by atoms with Crippen molar-refractivity contribution >= 4 is 17.4 Å². The number of aromatic nitrogens is 1. The van der Waals surface area contributed by atoms with Crippen LogP contribution in [0.15, 0.2) is 42.6 Å². The second-order valence-corrected chi connectivity index (χ2v) is 7.52. The van der Waals surface area contributed by atoms with E-state index in [0.29, 0.717) is 0 Å². The third-order valence-corrected chi connectivity index (χ3v) is 5.66. The van der Waals surface area contributed by atoms with Crippen LogP contribution in [0.1, 0.15) is 35.2 Å². The van der Waals surface area contributed by atoms with Crippen LogP contribution < -0.4 is 9.80 Å². The molecule has 4 rings (SSSR count). The molecule has 0 spiro atoms. The van der Waals surface area contributed by atoms with Gasteiger partial charge in [-0.3, -0.25) is 4.79 Å². The molecule has 142 valence electrons. The lowest BCUT2D eigenvalue weighted by Crippen LogP contribution is -2.32. The van der Waals surface area contributed by atoms with E-state index in [9.17, 15) is 4.79 Å². The summed E-state index contributed by atoms with van der Waals surface area (Å²) in [6, 6.07) is 12.4. The predicted molar refractivity (Wildman–Crippen MR) is 110 cm³/mol. The van der Waals surface area contributed by atoms with E-state index in [1.165, 1.54) is 11.3 Å². The maximum Gasteiger partial charge on any atom is 0.254 e. The number of rotatable bonds is 3. The zero-order valence-corrected chi connectivity index (χ0v) is 16.1. The van der Waals surface area contributed by atoms with Gasteiger partial charge in [0.05, 0.1) is 0 Å². The summed E-state index contributed by atoms with van der Waals surface area (Å²) in [5, 5.41) is 0. The Hall–Kier alpha value is -2.56. The van der Waals surface area contributed by atoms with Crippen LogP contribution >= 0.6 is 0 Å². The number of para-hydroxylation sites is 1. The maximum atomic E-state index is 12.7. The highest BCUT2D eigenvalue weighted by Crippen LogP contribution is 2.23. The molecular weight excluding hydrogens is 336 g/mol. The fourth-order valence-electron chi connectivity index (χ4n) is 4.13. The Morgan fingerprint density at radius 1 is 0.889 bits per heavy atom. The van der Waals surface area contributed by atoms with Gasteiger partial charge in [-0.25, -0.2) is 4.98 Å². The van der Waals surface area contributed by atoms with Gasteiger partial charge in [-0.2, -0.15) is 0 Å². The minimum Gasteiger partial charge on any atom is -0.369 e. The number of likely N-dealkylation sites (tertiary alicyclic amines) is 1. The first kappa shape index (κ1) is 17.8. The maximum absolute atomic E-state index is 12.7. The second kappa shape index (κ2) is 7.99. The highest BCUT2D eigenvalue weighted by atomic mass is 16.2. The van der Waals surface area contributed by atoms with E-state index in [1.54, 1.807) is 6.20 Å². The fourth-order valence-corrected chi connectivity index (χ4v) is 4.13.